The number of nitrogens with zero attached hydrogens (tertiary/aromatic N) is 4. The normalized spacial score (nSPS) is 11.4. The molecule has 8 heteroatoms. The number of pyridine rings is 1. The second-order valence-corrected chi connectivity index (χ2v) is 7.44. The van der Waals surface area contributed by atoms with Crippen LogP contribution in [0.5, 0.6) is 5.75 Å². The first-order valence-electron chi connectivity index (χ1n) is 9.85. The molecule has 4 aromatic rings. The van der Waals surface area contributed by atoms with E-state index in [1.54, 1.807) is 13.3 Å². The Labute approximate surface area is 200 Å². The van der Waals surface area contributed by atoms with Gasteiger partial charge in [0.2, 0.25) is 0 Å². The van der Waals surface area contributed by atoms with Gasteiger partial charge >= 0.3 is 0 Å². The van der Waals surface area contributed by atoms with Crippen LogP contribution in [0.2, 0.25) is 0 Å². The predicted octanol–water partition coefficient (Wildman–Crippen LogP) is 4.96. The third-order valence-corrected chi connectivity index (χ3v) is 4.89. The minimum absolute atomic E-state index is 0. The molecule has 0 saturated heterocycles. The van der Waals surface area contributed by atoms with Crippen molar-refractivity contribution in [2.24, 2.45) is 0 Å². The van der Waals surface area contributed by atoms with Gasteiger partial charge in [-0.15, -0.1) is 24.8 Å². The van der Waals surface area contributed by atoms with Crippen LogP contribution in [-0.2, 0) is 6.54 Å². The first-order chi connectivity index (χ1) is 14.6. The number of rotatable bonds is 7. The first kappa shape index (κ1) is 25.3. The van der Waals surface area contributed by atoms with Crippen LogP contribution in [0.4, 0.5) is 0 Å². The van der Waals surface area contributed by atoms with Crippen molar-refractivity contribution in [3.8, 4) is 17.1 Å². The fourth-order valence-corrected chi connectivity index (χ4v) is 3.52. The van der Waals surface area contributed by atoms with Crippen molar-refractivity contribution in [3.63, 3.8) is 0 Å². The summed E-state index contributed by atoms with van der Waals surface area (Å²) in [5.74, 6) is 2.10. The number of hydrogen-bond acceptors (Lipinski definition) is 5. The molecule has 1 N–H and O–H groups in total. The molecule has 0 saturated carbocycles. The SMILES string of the molecule is COc1ccc(C(c2ccccn2)c2nc(-c3cccc(CN(C)C)c3)n[nH]2)cc1.Cl.Cl. The first-order valence-corrected chi connectivity index (χ1v) is 9.85. The minimum Gasteiger partial charge on any atom is -0.497 e. The molecule has 0 spiro atoms. The average Bonchev–Trinajstić information content (AvgIpc) is 3.25. The van der Waals surface area contributed by atoms with Gasteiger partial charge in [0.15, 0.2) is 5.82 Å². The van der Waals surface area contributed by atoms with Crippen molar-refractivity contribution in [2.45, 2.75) is 12.5 Å². The van der Waals surface area contributed by atoms with Crippen molar-refractivity contribution >= 4 is 24.8 Å². The Bertz CT molecular complexity index is 1100. The van der Waals surface area contributed by atoms with E-state index < -0.39 is 0 Å². The molecule has 1 unspecified atom stereocenters. The Morgan fingerprint density at radius 1 is 0.969 bits per heavy atom. The van der Waals surface area contributed by atoms with Gasteiger partial charge < -0.3 is 9.64 Å². The molecule has 2 heterocycles. The zero-order valence-electron chi connectivity index (χ0n) is 18.2. The summed E-state index contributed by atoms with van der Waals surface area (Å²) in [7, 11) is 5.78. The van der Waals surface area contributed by atoms with Crippen molar-refractivity contribution in [3.05, 3.63) is 95.6 Å². The highest BCUT2D eigenvalue weighted by molar-refractivity contribution is 5.85. The van der Waals surface area contributed by atoms with Gasteiger partial charge in [0.1, 0.15) is 11.6 Å². The third-order valence-electron chi connectivity index (χ3n) is 4.89. The molecule has 0 fully saturated rings. The number of benzene rings is 2. The van der Waals surface area contributed by atoms with E-state index in [1.165, 1.54) is 5.56 Å². The van der Waals surface area contributed by atoms with E-state index >= 15 is 0 Å². The van der Waals surface area contributed by atoms with Crippen molar-refractivity contribution in [2.75, 3.05) is 21.2 Å². The van der Waals surface area contributed by atoms with Gasteiger partial charge in [-0.3, -0.25) is 10.1 Å². The maximum atomic E-state index is 5.31. The molecule has 168 valence electrons. The fraction of sp³-hybridized carbons (Fsp3) is 0.208. The van der Waals surface area contributed by atoms with E-state index in [4.69, 9.17) is 9.72 Å². The molecule has 4 rings (SSSR count). The monoisotopic (exact) mass is 471 g/mol. The van der Waals surface area contributed by atoms with Crippen molar-refractivity contribution < 1.29 is 4.74 Å². The fourth-order valence-electron chi connectivity index (χ4n) is 3.52. The molecular formula is C24H27Cl2N5O. The number of ether oxygens (including phenoxy) is 1. The Hall–Kier alpha value is -2.93. The molecule has 0 bridgehead atoms. The van der Waals surface area contributed by atoms with Gasteiger partial charge in [-0.1, -0.05) is 36.4 Å². The molecule has 0 amide bonds. The highest BCUT2D eigenvalue weighted by Gasteiger charge is 2.22. The second-order valence-electron chi connectivity index (χ2n) is 7.44. The summed E-state index contributed by atoms with van der Waals surface area (Å²) in [6.45, 7) is 0.869. The van der Waals surface area contributed by atoms with E-state index in [-0.39, 0.29) is 30.7 Å². The van der Waals surface area contributed by atoms with Gasteiger partial charge in [0.25, 0.3) is 0 Å². The standard InChI is InChI=1S/C24H25N5O.2ClH/c1-29(2)16-17-7-6-8-19(15-17)23-26-24(28-27-23)22(21-9-4-5-14-25-21)18-10-12-20(30-3)13-11-18;;/h4-15,22H,16H2,1-3H3,(H,26,27,28);2*1H. The number of halogens is 2. The van der Waals surface area contributed by atoms with Gasteiger partial charge in [-0.05, 0) is 55.6 Å². The molecule has 0 aliphatic heterocycles. The predicted molar refractivity (Wildman–Crippen MR) is 132 cm³/mol. The van der Waals surface area contributed by atoms with Crippen LogP contribution in [0.15, 0.2) is 72.9 Å². The highest BCUT2D eigenvalue weighted by atomic mass is 35.5. The Balaban J connectivity index is 0.00000181. The molecule has 0 radical (unpaired) electrons. The van der Waals surface area contributed by atoms with Gasteiger partial charge in [0.05, 0.1) is 18.7 Å². The van der Waals surface area contributed by atoms with E-state index in [9.17, 15) is 0 Å². The lowest BCUT2D eigenvalue weighted by molar-refractivity contribution is 0.402. The summed E-state index contributed by atoms with van der Waals surface area (Å²) >= 11 is 0. The summed E-state index contributed by atoms with van der Waals surface area (Å²) in [6.07, 6.45) is 1.80. The van der Waals surface area contributed by atoms with Crippen molar-refractivity contribution in [1.82, 2.24) is 25.1 Å². The highest BCUT2D eigenvalue weighted by Crippen LogP contribution is 2.30. The van der Waals surface area contributed by atoms with Gasteiger partial charge in [-0.25, -0.2) is 4.98 Å². The van der Waals surface area contributed by atoms with Crippen LogP contribution in [0.25, 0.3) is 11.4 Å². The lowest BCUT2D eigenvalue weighted by Crippen LogP contribution is -2.10. The van der Waals surface area contributed by atoms with Gasteiger partial charge in [-0.2, -0.15) is 5.10 Å². The molecule has 2 aromatic heterocycles. The second kappa shape index (κ2) is 11.6. The number of aromatic amines is 1. The molecule has 1 atom stereocenters. The molecule has 2 aromatic carbocycles. The quantitative estimate of drug-likeness (QED) is 0.412. The summed E-state index contributed by atoms with van der Waals surface area (Å²) in [4.78, 5) is 11.6. The van der Waals surface area contributed by atoms with Crippen LogP contribution < -0.4 is 4.74 Å². The maximum Gasteiger partial charge on any atom is 0.181 e. The summed E-state index contributed by atoms with van der Waals surface area (Å²) in [5, 5.41) is 7.66. The van der Waals surface area contributed by atoms with E-state index in [2.05, 4.69) is 46.3 Å². The number of H-pyrrole nitrogens is 1. The van der Waals surface area contributed by atoms with E-state index in [1.807, 2.05) is 54.6 Å². The molecule has 0 aliphatic rings. The summed E-state index contributed by atoms with van der Waals surface area (Å²) in [5.41, 5.74) is 4.19. The van der Waals surface area contributed by atoms with Gasteiger partial charge in [0, 0.05) is 18.3 Å². The van der Waals surface area contributed by atoms with Crippen LogP contribution >= 0.6 is 24.8 Å². The third kappa shape index (κ3) is 5.85. The Morgan fingerprint density at radius 3 is 2.41 bits per heavy atom. The average molecular weight is 472 g/mol. The Kier molecular flexibility index (Phi) is 9.20. The largest absolute Gasteiger partial charge is 0.497 e. The lowest BCUT2D eigenvalue weighted by Gasteiger charge is -2.14. The van der Waals surface area contributed by atoms with Crippen LogP contribution in [0.1, 0.15) is 28.6 Å². The number of nitrogens with one attached hydrogen (secondary N) is 1. The molecule has 32 heavy (non-hydrogen) atoms. The van der Waals surface area contributed by atoms with Crippen LogP contribution in [0.3, 0.4) is 0 Å². The molecular weight excluding hydrogens is 445 g/mol. The number of methoxy groups -OCH3 is 1. The zero-order valence-corrected chi connectivity index (χ0v) is 19.9. The smallest absolute Gasteiger partial charge is 0.181 e. The maximum absolute atomic E-state index is 5.31. The van der Waals surface area contributed by atoms with E-state index in [0.717, 1.165) is 34.9 Å². The van der Waals surface area contributed by atoms with Crippen molar-refractivity contribution in [1.29, 1.82) is 0 Å². The summed E-state index contributed by atoms with van der Waals surface area (Å²) < 4.78 is 5.31. The molecule has 6 nitrogen and oxygen atoms in total. The number of aromatic nitrogens is 4. The van der Waals surface area contributed by atoms with E-state index in [0.29, 0.717) is 5.82 Å². The number of hydrogen-bond donors (Lipinski definition) is 1. The molecule has 0 aliphatic carbocycles. The van der Waals surface area contributed by atoms with Crippen LogP contribution in [-0.4, -0.2) is 46.3 Å². The lowest BCUT2D eigenvalue weighted by atomic mass is 9.94. The summed E-state index contributed by atoms with van der Waals surface area (Å²) in [6, 6.07) is 22.2. The van der Waals surface area contributed by atoms with Crippen LogP contribution in [0, 0.1) is 0 Å². The minimum atomic E-state index is -0.150. The zero-order chi connectivity index (χ0) is 20.9. The topological polar surface area (TPSA) is 66.9 Å². The Morgan fingerprint density at radius 2 is 1.75 bits per heavy atom.